The number of amides is 1. The molecule has 0 saturated carbocycles. The van der Waals surface area contributed by atoms with Gasteiger partial charge < -0.3 is 25.7 Å². The van der Waals surface area contributed by atoms with Gasteiger partial charge in [-0.3, -0.25) is 9.59 Å². The predicted octanol–water partition coefficient (Wildman–Crippen LogP) is 5.84. The third kappa shape index (κ3) is 7.02. The first-order valence-corrected chi connectivity index (χ1v) is 16.1. The van der Waals surface area contributed by atoms with Gasteiger partial charge in [0.05, 0.1) is 23.4 Å². The molecule has 9 nitrogen and oxygen atoms in total. The molecule has 2 aromatic heterocycles. The number of nitrogens with two attached hydrogens (primary N) is 1. The van der Waals surface area contributed by atoms with Crippen LogP contribution in [0.1, 0.15) is 41.7 Å². The van der Waals surface area contributed by atoms with Crippen LogP contribution in [0.2, 0.25) is 0 Å². The molecule has 2 aliphatic heterocycles. The van der Waals surface area contributed by atoms with Gasteiger partial charge in [-0.25, -0.2) is 9.97 Å². The average molecular weight is 621 g/mol. The van der Waals surface area contributed by atoms with E-state index in [0.717, 1.165) is 51.5 Å². The maximum absolute atomic E-state index is 12.9. The number of morpholine rings is 1. The molecule has 10 heteroatoms. The number of allylic oxidation sites excluding steroid dienone is 1. The van der Waals surface area contributed by atoms with Crippen molar-refractivity contribution in [1.29, 1.82) is 5.41 Å². The molecule has 3 N–H and O–H groups in total. The highest BCUT2D eigenvalue weighted by Crippen LogP contribution is 2.39. The number of thiophene rings is 1. The van der Waals surface area contributed by atoms with Gasteiger partial charge in [0.1, 0.15) is 0 Å². The van der Waals surface area contributed by atoms with E-state index in [-0.39, 0.29) is 11.7 Å². The van der Waals surface area contributed by atoms with Crippen molar-refractivity contribution >= 4 is 62.6 Å². The summed E-state index contributed by atoms with van der Waals surface area (Å²) in [7, 11) is 0. The van der Waals surface area contributed by atoms with Gasteiger partial charge in [0.15, 0.2) is 17.4 Å². The second kappa shape index (κ2) is 14.0. The lowest BCUT2D eigenvalue weighted by molar-refractivity contribution is -0.130. The van der Waals surface area contributed by atoms with E-state index in [1.165, 1.54) is 11.8 Å². The van der Waals surface area contributed by atoms with Gasteiger partial charge in [0, 0.05) is 66.9 Å². The molecule has 1 amide bonds. The van der Waals surface area contributed by atoms with Crippen LogP contribution in [-0.2, 0) is 14.3 Å². The Morgan fingerprint density at radius 1 is 1.02 bits per heavy atom. The number of nitrogens with zero attached hydrogens (tertiary/aromatic N) is 4. The van der Waals surface area contributed by atoms with E-state index >= 15 is 0 Å². The van der Waals surface area contributed by atoms with Crippen molar-refractivity contribution in [2.75, 3.05) is 50.0 Å². The molecule has 0 unspecified atom stereocenters. The molecular weight excluding hydrogens is 584 g/mol. The van der Waals surface area contributed by atoms with E-state index in [1.807, 2.05) is 53.4 Å². The number of ketones is 1. The van der Waals surface area contributed by atoms with E-state index in [9.17, 15) is 9.59 Å². The number of nitrogen functional groups attached to an aromatic ring is 1. The molecule has 45 heavy (non-hydrogen) atoms. The van der Waals surface area contributed by atoms with Gasteiger partial charge in [-0.1, -0.05) is 54.6 Å². The summed E-state index contributed by atoms with van der Waals surface area (Å²) in [5.41, 5.74) is 11.1. The molecule has 4 aromatic rings. The number of nitrogens with one attached hydrogen (secondary N) is 1. The number of carbonyl (C=O) groups excluding carboxylic acids is 2. The number of anilines is 2. The third-order valence-corrected chi connectivity index (χ3v) is 9.34. The molecule has 0 aliphatic carbocycles. The first-order chi connectivity index (χ1) is 22.0. The lowest BCUT2D eigenvalue weighted by Crippen LogP contribution is -2.36. The molecule has 1 saturated heterocycles. The summed E-state index contributed by atoms with van der Waals surface area (Å²) < 4.78 is 6.62. The quantitative estimate of drug-likeness (QED) is 0.130. The number of fused-ring (bicyclic) bond motifs is 1. The zero-order valence-corrected chi connectivity index (χ0v) is 25.9. The third-order valence-electron chi connectivity index (χ3n) is 8.14. The van der Waals surface area contributed by atoms with Crippen molar-refractivity contribution in [1.82, 2.24) is 14.9 Å². The summed E-state index contributed by atoms with van der Waals surface area (Å²) in [5.74, 6) is 1.53. The number of carbonyl (C=O) groups is 2. The lowest BCUT2D eigenvalue weighted by atomic mass is 10.0. The Balaban J connectivity index is 1.16. The molecule has 230 valence electrons. The SMILES string of the molecule is N=Cc1c(N)cccc1-c1nc(N2CCOCC2)c2sc(C3=CCN(C(=O)CCCC(=O)C=Cc4ccccc4)CC3)cc2n1. The van der Waals surface area contributed by atoms with Crippen LogP contribution in [0.4, 0.5) is 11.5 Å². The zero-order chi connectivity index (χ0) is 31.2. The Morgan fingerprint density at radius 3 is 2.60 bits per heavy atom. The fraction of sp³-hybridized carbons (Fsp3) is 0.286. The minimum atomic E-state index is 0.0322. The summed E-state index contributed by atoms with van der Waals surface area (Å²) >= 11 is 1.68. The van der Waals surface area contributed by atoms with E-state index in [1.54, 1.807) is 23.5 Å². The largest absolute Gasteiger partial charge is 0.398 e. The van der Waals surface area contributed by atoms with Crippen LogP contribution in [0.15, 0.2) is 66.7 Å². The van der Waals surface area contributed by atoms with E-state index in [4.69, 9.17) is 25.8 Å². The molecule has 0 bridgehead atoms. The molecular formula is C35H36N6O3S. The van der Waals surface area contributed by atoms with E-state index in [2.05, 4.69) is 17.0 Å². The Hall–Kier alpha value is -4.67. The summed E-state index contributed by atoms with van der Waals surface area (Å²) in [6, 6.07) is 17.4. The number of ether oxygens (including phenoxy) is 1. The van der Waals surface area contributed by atoms with Crippen LogP contribution in [0.25, 0.3) is 33.3 Å². The van der Waals surface area contributed by atoms with Crippen LogP contribution in [0.3, 0.4) is 0 Å². The lowest BCUT2D eigenvalue weighted by Gasteiger charge is -2.28. The fourth-order valence-corrected chi connectivity index (χ4v) is 6.83. The van der Waals surface area contributed by atoms with Gasteiger partial charge in [-0.2, -0.15) is 0 Å². The number of hydrogen-bond acceptors (Lipinski definition) is 9. The zero-order valence-electron chi connectivity index (χ0n) is 25.1. The Kier molecular flexibility index (Phi) is 9.42. The minimum absolute atomic E-state index is 0.0322. The minimum Gasteiger partial charge on any atom is -0.398 e. The summed E-state index contributed by atoms with van der Waals surface area (Å²) in [5, 5.41) is 7.94. The van der Waals surface area contributed by atoms with Gasteiger partial charge in [-0.05, 0) is 42.2 Å². The molecule has 0 atom stereocenters. The average Bonchev–Trinajstić information content (AvgIpc) is 3.52. The summed E-state index contributed by atoms with van der Waals surface area (Å²) in [6.45, 7) is 3.93. The van der Waals surface area contributed by atoms with Crippen LogP contribution in [0.5, 0.6) is 0 Å². The van der Waals surface area contributed by atoms with Crippen molar-refractivity contribution in [2.24, 2.45) is 0 Å². The normalized spacial score (nSPS) is 15.4. The van der Waals surface area contributed by atoms with Crippen LogP contribution in [0, 0.1) is 5.41 Å². The van der Waals surface area contributed by atoms with Crippen molar-refractivity contribution < 1.29 is 14.3 Å². The first-order valence-electron chi connectivity index (χ1n) is 15.3. The molecule has 0 spiro atoms. The number of benzene rings is 2. The highest BCUT2D eigenvalue weighted by atomic mass is 32.1. The maximum Gasteiger partial charge on any atom is 0.222 e. The van der Waals surface area contributed by atoms with Crippen LogP contribution < -0.4 is 10.6 Å². The van der Waals surface area contributed by atoms with Gasteiger partial charge in [0.2, 0.25) is 5.91 Å². The van der Waals surface area contributed by atoms with Crippen molar-refractivity contribution in [3.05, 3.63) is 82.8 Å². The number of rotatable bonds is 10. The van der Waals surface area contributed by atoms with Crippen LogP contribution in [-0.4, -0.2) is 72.2 Å². The Morgan fingerprint density at radius 2 is 1.84 bits per heavy atom. The monoisotopic (exact) mass is 620 g/mol. The number of hydrogen-bond donors (Lipinski definition) is 2. The van der Waals surface area contributed by atoms with E-state index in [0.29, 0.717) is 62.6 Å². The van der Waals surface area contributed by atoms with Crippen molar-refractivity contribution in [2.45, 2.75) is 25.7 Å². The molecule has 2 aliphatic rings. The molecule has 6 rings (SSSR count). The van der Waals surface area contributed by atoms with E-state index < -0.39 is 0 Å². The summed E-state index contributed by atoms with van der Waals surface area (Å²) in [4.78, 5) is 40.4. The fourth-order valence-electron chi connectivity index (χ4n) is 5.65. The summed E-state index contributed by atoms with van der Waals surface area (Å²) in [6.07, 6.45) is 8.81. The number of aromatic nitrogens is 2. The predicted molar refractivity (Wildman–Crippen MR) is 182 cm³/mol. The van der Waals surface area contributed by atoms with Gasteiger partial charge >= 0.3 is 0 Å². The second-order valence-corrected chi connectivity index (χ2v) is 12.2. The topological polar surface area (TPSA) is 125 Å². The molecule has 4 heterocycles. The highest BCUT2D eigenvalue weighted by molar-refractivity contribution is 7.20. The first kappa shape index (κ1) is 30.4. The molecule has 0 radical (unpaired) electrons. The van der Waals surface area contributed by atoms with Gasteiger partial charge in [0.25, 0.3) is 0 Å². The standard InChI is InChI=1S/C35H36N6O3S/c36-23-28-27(9-5-10-29(28)37)34-38-30-22-31(45-33(30)35(39-34)41-18-20-44-21-19-41)25-14-16-40(17-15-25)32(43)11-4-8-26(42)13-12-24-6-2-1-3-7-24/h1-3,5-7,9-10,12-14,22-23,36H,4,8,11,15-21,37H2. The molecule has 1 fully saturated rings. The van der Waals surface area contributed by atoms with Crippen molar-refractivity contribution in [3.63, 3.8) is 0 Å². The highest BCUT2D eigenvalue weighted by Gasteiger charge is 2.24. The van der Waals surface area contributed by atoms with Crippen molar-refractivity contribution in [3.8, 4) is 11.4 Å². The maximum atomic E-state index is 12.9. The second-order valence-electron chi connectivity index (χ2n) is 11.1. The van der Waals surface area contributed by atoms with Crippen LogP contribution >= 0.6 is 11.3 Å². The Labute approximate surface area is 266 Å². The smallest absolute Gasteiger partial charge is 0.222 e. The molecule has 2 aromatic carbocycles. The van der Waals surface area contributed by atoms with Gasteiger partial charge in [-0.15, -0.1) is 11.3 Å². The Bertz CT molecular complexity index is 1770.